The predicted molar refractivity (Wildman–Crippen MR) is 123 cm³/mol. The first kappa shape index (κ1) is 23.1. The summed E-state index contributed by atoms with van der Waals surface area (Å²) in [5.41, 5.74) is 2.12. The van der Waals surface area contributed by atoms with Crippen LogP contribution in [0.2, 0.25) is 0 Å². The summed E-state index contributed by atoms with van der Waals surface area (Å²) in [5.74, 6) is 0.844. The number of methoxy groups -OCH3 is 3. The van der Waals surface area contributed by atoms with Crippen molar-refractivity contribution in [3.05, 3.63) is 39.8 Å². The largest absolute Gasteiger partial charge is 0.497 e. The lowest BCUT2D eigenvalue weighted by atomic mass is 9.69. The summed E-state index contributed by atoms with van der Waals surface area (Å²) < 4.78 is 15.6. The summed E-state index contributed by atoms with van der Waals surface area (Å²) in [6, 6.07) is 4.99. The second kappa shape index (κ2) is 9.30. The zero-order valence-electron chi connectivity index (χ0n) is 19.1. The molecule has 168 valence electrons. The van der Waals surface area contributed by atoms with Gasteiger partial charge in [0.15, 0.2) is 0 Å². The van der Waals surface area contributed by atoms with Gasteiger partial charge < -0.3 is 19.5 Å². The van der Waals surface area contributed by atoms with Gasteiger partial charge in [0, 0.05) is 16.5 Å². The molecule has 1 N–H and O–H groups in total. The van der Waals surface area contributed by atoms with E-state index in [1.54, 1.807) is 18.2 Å². The maximum Gasteiger partial charge on any atom is 0.341 e. The average molecular weight is 446 g/mol. The summed E-state index contributed by atoms with van der Waals surface area (Å²) in [4.78, 5) is 26.8. The number of thiophene rings is 1. The average Bonchev–Trinajstić information content (AvgIpc) is 3.14. The van der Waals surface area contributed by atoms with Gasteiger partial charge in [-0.15, -0.1) is 11.3 Å². The Labute approximate surface area is 187 Å². The van der Waals surface area contributed by atoms with E-state index in [1.807, 2.05) is 0 Å². The molecule has 2 aromatic rings. The van der Waals surface area contributed by atoms with E-state index in [0.29, 0.717) is 33.5 Å². The van der Waals surface area contributed by atoms with Crippen molar-refractivity contribution < 1.29 is 23.8 Å². The van der Waals surface area contributed by atoms with Gasteiger partial charge in [-0.1, -0.05) is 27.2 Å². The Morgan fingerprint density at radius 3 is 2.32 bits per heavy atom. The second-order valence-electron chi connectivity index (χ2n) is 8.54. The molecule has 0 radical (unpaired) electrons. The molecule has 0 unspecified atom stereocenters. The maximum absolute atomic E-state index is 13.0. The van der Waals surface area contributed by atoms with Gasteiger partial charge in [-0.05, 0) is 48.3 Å². The maximum atomic E-state index is 13.0. The molecule has 6 nitrogen and oxygen atoms in total. The van der Waals surface area contributed by atoms with Gasteiger partial charge in [0.05, 0.1) is 26.9 Å². The molecule has 0 spiro atoms. The first-order valence-corrected chi connectivity index (χ1v) is 11.3. The number of carbonyl (C=O) groups excluding carboxylic acids is 2. The molecule has 1 aromatic heterocycles. The van der Waals surface area contributed by atoms with Crippen molar-refractivity contribution in [1.82, 2.24) is 0 Å². The highest BCUT2D eigenvalue weighted by Crippen LogP contribution is 2.45. The number of anilines is 1. The van der Waals surface area contributed by atoms with Crippen LogP contribution in [0.1, 0.15) is 64.8 Å². The quantitative estimate of drug-likeness (QED) is 0.582. The Balaban J connectivity index is 1.95. The zero-order valence-corrected chi connectivity index (χ0v) is 19.9. The first-order valence-electron chi connectivity index (χ1n) is 10.5. The number of rotatable bonds is 7. The molecule has 0 saturated carbocycles. The van der Waals surface area contributed by atoms with Crippen molar-refractivity contribution in [2.45, 2.75) is 46.5 Å². The molecular formula is C24H31NO5S. The summed E-state index contributed by atoms with van der Waals surface area (Å²) >= 11 is 1.48. The van der Waals surface area contributed by atoms with Crippen LogP contribution in [0.15, 0.2) is 18.2 Å². The predicted octanol–water partition coefficient (Wildman–Crippen LogP) is 5.35. The standard InChI is InChI=1S/C24H31NO5S/c1-7-24(2,3)15-8-9-18-19(12-15)31-22(20(18)23(27)30-6)25-21(26)14-10-16(28-4)13-17(11-14)29-5/h10-11,13,15H,7-9,12H2,1-6H3,(H,25,26)/t15-/m1/s1. The van der Waals surface area contributed by atoms with Gasteiger partial charge in [-0.3, -0.25) is 4.79 Å². The fraction of sp³-hybridized carbons (Fsp3) is 0.500. The monoisotopic (exact) mass is 445 g/mol. The number of benzene rings is 1. The molecular weight excluding hydrogens is 414 g/mol. The van der Waals surface area contributed by atoms with Crippen molar-refractivity contribution in [2.75, 3.05) is 26.6 Å². The van der Waals surface area contributed by atoms with Gasteiger partial charge in [0.2, 0.25) is 0 Å². The lowest BCUT2D eigenvalue weighted by Gasteiger charge is -2.36. The third-order valence-corrected chi connectivity index (χ3v) is 7.68. The molecule has 3 rings (SSSR count). The molecule has 0 saturated heterocycles. The summed E-state index contributed by atoms with van der Waals surface area (Å²) in [5, 5.41) is 3.48. The molecule has 0 aliphatic heterocycles. The summed E-state index contributed by atoms with van der Waals surface area (Å²) in [6.07, 6.45) is 3.85. The minimum Gasteiger partial charge on any atom is -0.497 e. The molecule has 0 bridgehead atoms. The smallest absolute Gasteiger partial charge is 0.341 e. The Morgan fingerprint density at radius 1 is 1.13 bits per heavy atom. The molecule has 1 aliphatic carbocycles. The lowest BCUT2D eigenvalue weighted by Crippen LogP contribution is -2.28. The van der Waals surface area contributed by atoms with E-state index in [9.17, 15) is 9.59 Å². The van der Waals surface area contributed by atoms with Crippen molar-refractivity contribution in [1.29, 1.82) is 0 Å². The molecule has 1 aromatic carbocycles. The highest BCUT2D eigenvalue weighted by Gasteiger charge is 2.35. The Hall–Kier alpha value is -2.54. The molecule has 0 fully saturated rings. The normalized spacial score (nSPS) is 15.7. The lowest BCUT2D eigenvalue weighted by molar-refractivity contribution is 0.0600. The van der Waals surface area contributed by atoms with E-state index >= 15 is 0 Å². The van der Waals surface area contributed by atoms with E-state index in [4.69, 9.17) is 14.2 Å². The van der Waals surface area contributed by atoms with E-state index in [2.05, 4.69) is 26.1 Å². The first-order chi connectivity index (χ1) is 14.7. The minimum absolute atomic E-state index is 0.230. The zero-order chi connectivity index (χ0) is 22.8. The topological polar surface area (TPSA) is 73.9 Å². The number of fused-ring (bicyclic) bond motifs is 1. The van der Waals surface area contributed by atoms with Crippen LogP contribution in [0.3, 0.4) is 0 Å². The molecule has 1 heterocycles. The number of amides is 1. The fourth-order valence-electron chi connectivity index (χ4n) is 4.06. The van der Waals surface area contributed by atoms with Crippen LogP contribution in [0, 0.1) is 11.3 Å². The van der Waals surface area contributed by atoms with Crippen LogP contribution in [0.25, 0.3) is 0 Å². The van der Waals surface area contributed by atoms with Crippen LogP contribution in [-0.2, 0) is 17.6 Å². The van der Waals surface area contributed by atoms with Crippen molar-refractivity contribution in [2.24, 2.45) is 11.3 Å². The number of ether oxygens (including phenoxy) is 3. The van der Waals surface area contributed by atoms with E-state index in [1.165, 1.54) is 32.7 Å². The van der Waals surface area contributed by atoms with Gasteiger partial charge in [0.25, 0.3) is 5.91 Å². The number of hydrogen-bond donors (Lipinski definition) is 1. The number of esters is 1. The van der Waals surface area contributed by atoms with E-state index in [0.717, 1.165) is 36.1 Å². The number of hydrogen-bond acceptors (Lipinski definition) is 6. The van der Waals surface area contributed by atoms with Crippen LogP contribution < -0.4 is 14.8 Å². The van der Waals surface area contributed by atoms with E-state index < -0.39 is 5.97 Å². The molecule has 7 heteroatoms. The van der Waals surface area contributed by atoms with Crippen LogP contribution in [0.4, 0.5) is 5.00 Å². The molecule has 1 aliphatic rings. The van der Waals surface area contributed by atoms with Crippen LogP contribution >= 0.6 is 11.3 Å². The van der Waals surface area contributed by atoms with Crippen LogP contribution in [0.5, 0.6) is 11.5 Å². The summed E-state index contributed by atoms with van der Waals surface area (Å²) in [6.45, 7) is 6.82. The third kappa shape index (κ3) is 4.71. The van der Waals surface area contributed by atoms with Crippen molar-refractivity contribution >= 4 is 28.2 Å². The highest BCUT2D eigenvalue weighted by molar-refractivity contribution is 7.17. The van der Waals surface area contributed by atoms with Crippen LogP contribution in [-0.4, -0.2) is 33.2 Å². The molecule has 31 heavy (non-hydrogen) atoms. The third-order valence-electron chi connectivity index (χ3n) is 6.51. The minimum atomic E-state index is -0.413. The SMILES string of the molecule is CCC(C)(C)[C@@H]1CCc2c(sc(NC(=O)c3cc(OC)cc(OC)c3)c2C(=O)OC)C1. The van der Waals surface area contributed by atoms with Gasteiger partial charge in [-0.25, -0.2) is 4.79 Å². The molecule has 1 amide bonds. The van der Waals surface area contributed by atoms with Crippen molar-refractivity contribution in [3.63, 3.8) is 0 Å². The molecule has 1 atom stereocenters. The Kier molecular flexibility index (Phi) is 6.94. The summed E-state index contributed by atoms with van der Waals surface area (Å²) in [7, 11) is 4.44. The van der Waals surface area contributed by atoms with E-state index in [-0.39, 0.29) is 11.3 Å². The number of carbonyl (C=O) groups is 2. The van der Waals surface area contributed by atoms with Gasteiger partial charge >= 0.3 is 5.97 Å². The second-order valence-corrected chi connectivity index (χ2v) is 9.64. The van der Waals surface area contributed by atoms with Gasteiger partial charge in [-0.2, -0.15) is 0 Å². The fourth-order valence-corrected chi connectivity index (χ4v) is 5.37. The van der Waals surface area contributed by atoms with Gasteiger partial charge in [0.1, 0.15) is 16.5 Å². The Morgan fingerprint density at radius 2 is 1.77 bits per heavy atom. The Bertz CT molecular complexity index is 956. The van der Waals surface area contributed by atoms with Crippen molar-refractivity contribution in [3.8, 4) is 11.5 Å². The highest BCUT2D eigenvalue weighted by atomic mass is 32.1. The number of nitrogens with one attached hydrogen (secondary N) is 1.